The standard InChI is InChI=1S/C17H28.C8H11NO/c1-5-7-16(8-6-2)11-12-17-13-14(3)9-10-15(17)4;1-4-5-9-6-7(2)8(3)10/h9-10,13,16H,5-8,11-12H2,1-4H3;4-6H,2H2,1,3H3/b;5-4-,9-6?. The Hall–Kier alpha value is -1.96. The zero-order valence-electron chi connectivity index (χ0n) is 18.3. The SMILES string of the molecule is C=C(C=N/C=C\C)C(C)=O.CCCC(CCC)CCc1cc(C)ccc1C. The monoisotopic (exact) mass is 369 g/mol. The number of aryl methyl sites for hydroxylation is 3. The van der Waals surface area contributed by atoms with E-state index < -0.39 is 0 Å². The van der Waals surface area contributed by atoms with Crippen LogP contribution in [0.25, 0.3) is 0 Å². The second-order valence-corrected chi connectivity index (χ2v) is 7.25. The van der Waals surface area contributed by atoms with Gasteiger partial charge in [-0.25, -0.2) is 0 Å². The molecule has 0 atom stereocenters. The van der Waals surface area contributed by atoms with Crippen molar-refractivity contribution >= 4 is 12.0 Å². The number of aliphatic imine (C=N–C) groups is 1. The predicted octanol–water partition coefficient (Wildman–Crippen LogP) is 7.19. The lowest BCUT2D eigenvalue weighted by atomic mass is 9.90. The van der Waals surface area contributed by atoms with Crippen LogP contribution in [0.15, 0.2) is 47.6 Å². The Morgan fingerprint density at radius 2 is 1.78 bits per heavy atom. The van der Waals surface area contributed by atoms with Gasteiger partial charge in [0.1, 0.15) is 0 Å². The molecule has 0 aliphatic carbocycles. The third kappa shape index (κ3) is 12.1. The van der Waals surface area contributed by atoms with E-state index in [-0.39, 0.29) is 5.78 Å². The van der Waals surface area contributed by atoms with Crippen LogP contribution in [0.4, 0.5) is 0 Å². The Morgan fingerprint density at radius 3 is 2.30 bits per heavy atom. The first-order chi connectivity index (χ1) is 12.8. The van der Waals surface area contributed by atoms with Gasteiger partial charge in [0, 0.05) is 18.0 Å². The minimum absolute atomic E-state index is 0.0479. The van der Waals surface area contributed by atoms with Crippen LogP contribution in [-0.2, 0) is 11.2 Å². The first kappa shape index (κ1) is 25.0. The molecule has 0 aliphatic rings. The molecular weight excluding hydrogens is 330 g/mol. The van der Waals surface area contributed by atoms with Gasteiger partial charge in [0.2, 0.25) is 0 Å². The molecule has 0 saturated heterocycles. The van der Waals surface area contributed by atoms with Gasteiger partial charge < -0.3 is 0 Å². The number of rotatable bonds is 10. The van der Waals surface area contributed by atoms with Gasteiger partial charge in [0.15, 0.2) is 5.78 Å². The summed E-state index contributed by atoms with van der Waals surface area (Å²) in [7, 11) is 0. The van der Waals surface area contributed by atoms with Crippen molar-refractivity contribution in [3.05, 3.63) is 59.3 Å². The summed E-state index contributed by atoms with van der Waals surface area (Å²) >= 11 is 0. The van der Waals surface area contributed by atoms with E-state index in [9.17, 15) is 4.79 Å². The lowest BCUT2D eigenvalue weighted by molar-refractivity contribution is -0.113. The number of hydrogen-bond donors (Lipinski definition) is 0. The number of nitrogens with zero attached hydrogens (tertiary/aromatic N) is 1. The largest absolute Gasteiger partial charge is 0.294 e. The molecule has 0 heterocycles. The van der Waals surface area contributed by atoms with E-state index in [4.69, 9.17) is 0 Å². The predicted molar refractivity (Wildman–Crippen MR) is 121 cm³/mol. The fourth-order valence-corrected chi connectivity index (χ4v) is 2.99. The molecule has 0 aromatic heterocycles. The number of allylic oxidation sites excluding steroid dienone is 2. The molecule has 1 rings (SSSR count). The second-order valence-electron chi connectivity index (χ2n) is 7.25. The van der Waals surface area contributed by atoms with Gasteiger partial charge in [0.05, 0.1) is 0 Å². The topological polar surface area (TPSA) is 29.4 Å². The van der Waals surface area contributed by atoms with Crippen LogP contribution in [0, 0.1) is 19.8 Å². The summed E-state index contributed by atoms with van der Waals surface area (Å²) in [6, 6.07) is 6.85. The number of hydrogen-bond acceptors (Lipinski definition) is 2. The molecule has 27 heavy (non-hydrogen) atoms. The average molecular weight is 370 g/mol. The highest BCUT2D eigenvalue weighted by Crippen LogP contribution is 2.22. The Bertz CT molecular complexity index is 619. The zero-order valence-corrected chi connectivity index (χ0v) is 18.3. The fraction of sp³-hybridized carbons (Fsp3) is 0.520. The molecule has 0 saturated carbocycles. The van der Waals surface area contributed by atoms with Gasteiger partial charge in [-0.2, -0.15) is 0 Å². The van der Waals surface area contributed by atoms with E-state index in [1.54, 1.807) is 17.8 Å². The molecule has 0 spiro atoms. The fourth-order valence-electron chi connectivity index (χ4n) is 2.99. The molecule has 0 unspecified atom stereocenters. The molecule has 2 nitrogen and oxygen atoms in total. The van der Waals surface area contributed by atoms with Gasteiger partial charge in [0.25, 0.3) is 0 Å². The molecule has 0 N–H and O–H groups in total. The Morgan fingerprint density at radius 1 is 1.15 bits per heavy atom. The summed E-state index contributed by atoms with van der Waals surface area (Å²) in [4.78, 5) is 14.3. The highest BCUT2D eigenvalue weighted by atomic mass is 16.1. The van der Waals surface area contributed by atoms with Crippen molar-refractivity contribution in [2.45, 2.75) is 80.1 Å². The highest BCUT2D eigenvalue weighted by Gasteiger charge is 2.08. The Kier molecular flexibility index (Phi) is 14.0. The summed E-state index contributed by atoms with van der Waals surface area (Å²) in [5.74, 6) is 0.887. The summed E-state index contributed by atoms with van der Waals surface area (Å²) in [5, 5.41) is 0. The van der Waals surface area contributed by atoms with Crippen LogP contribution in [0.3, 0.4) is 0 Å². The molecule has 150 valence electrons. The van der Waals surface area contributed by atoms with E-state index in [1.165, 1.54) is 62.8 Å². The Labute approximate surface area is 167 Å². The number of carbonyl (C=O) groups excluding carboxylic acids is 1. The van der Waals surface area contributed by atoms with Gasteiger partial charge in [-0.15, -0.1) is 0 Å². The first-order valence-electron chi connectivity index (χ1n) is 10.3. The summed E-state index contributed by atoms with van der Waals surface area (Å²) in [6.07, 6.45) is 12.9. The normalized spacial score (nSPS) is 11.1. The lowest BCUT2D eigenvalue weighted by Crippen LogP contribution is -2.03. The maximum Gasteiger partial charge on any atom is 0.160 e. The van der Waals surface area contributed by atoms with Crippen LogP contribution >= 0.6 is 0 Å². The van der Waals surface area contributed by atoms with E-state index in [0.717, 1.165) is 5.92 Å². The van der Waals surface area contributed by atoms with Crippen molar-refractivity contribution in [1.82, 2.24) is 0 Å². The lowest BCUT2D eigenvalue weighted by Gasteiger charge is -2.16. The van der Waals surface area contributed by atoms with Crippen LogP contribution in [0.2, 0.25) is 0 Å². The second kappa shape index (κ2) is 15.1. The third-order valence-electron chi connectivity index (χ3n) is 4.64. The van der Waals surface area contributed by atoms with Crippen LogP contribution in [-0.4, -0.2) is 12.0 Å². The number of benzene rings is 1. The van der Waals surface area contributed by atoms with Crippen molar-refractivity contribution < 1.29 is 4.79 Å². The van der Waals surface area contributed by atoms with E-state index in [1.807, 2.05) is 6.92 Å². The molecule has 0 amide bonds. The molecule has 0 aliphatic heterocycles. The van der Waals surface area contributed by atoms with Gasteiger partial charge in [-0.3, -0.25) is 9.79 Å². The molecule has 2 heteroatoms. The zero-order chi connectivity index (χ0) is 20.7. The summed E-state index contributed by atoms with van der Waals surface area (Å²) in [5.41, 5.74) is 4.84. The molecule has 1 aromatic rings. The van der Waals surface area contributed by atoms with Gasteiger partial charge in [-0.1, -0.05) is 75.9 Å². The average Bonchev–Trinajstić information content (AvgIpc) is 2.63. The molecule has 1 aromatic carbocycles. The van der Waals surface area contributed by atoms with Gasteiger partial charge >= 0.3 is 0 Å². The molecule has 0 bridgehead atoms. The summed E-state index contributed by atoms with van der Waals surface area (Å²) < 4.78 is 0. The van der Waals surface area contributed by atoms with Gasteiger partial charge in [-0.05, 0) is 57.6 Å². The quantitative estimate of drug-likeness (QED) is 0.317. The number of carbonyl (C=O) groups is 1. The number of Topliss-reactive ketones (excluding diaryl/α,β-unsaturated/α-hetero) is 1. The maximum absolute atomic E-state index is 10.5. The first-order valence-corrected chi connectivity index (χ1v) is 10.3. The Balaban J connectivity index is 0.000000580. The van der Waals surface area contributed by atoms with Crippen LogP contribution in [0.1, 0.15) is 76.5 Å². The smallest absolute Gasteiger partial charge is 0.160 e. The van der Waals surface area contributed by atoms with Crippen molar-refractivity contribution in [1.29, 1.82) is 0 Å². The third-order valence-corrected chi connectivity index (χ3v) is 4.64. The maximum atomic E-state index is 10.5. The minimum atomic E-state index is -0.0479. The van der Waals surface area contributed by atoms with E-state index >= 15 is 0 Å². The van der Waals surface area contributed by atoms with E-state index in [0.29, 0.717) is 5.57 Å². The molecule has 0 radical (unpaired) electrons. The van der Waals surface area contributed by atoms with Crippen molar-refractivity contribution in [3.8, 4) is 0 Å². The molecular formula is C25H39NO. The van der Waals surface area contributed by atoms with E-state index in [2.05, 4.69) is 57.5 Å². The minimum Gasteiger partial charge on any atom is -0.294 e. The number of ketones is 1. The molecule has 0 fully saturated rings. The van der Waals surface area contributed by atoms with Crippen LogP contribution in [0.5, 0.6) is 0 Å². The van der Waals surface area contributed by atoms with Crippen LogP contribution < -0.4 is 0 Å². The van der Waals surface area contributed by atoms with Crippen molar-refractivity contribution in [3.63, 3.8) is 0 Å². The highest BCUT2D eigenvalue weighted by molar-refractivity contribution is 6.11. The summed E-state index contributed by atoms with van der Waals surface area (Å²) in [6.45, 7) is 15.9. The van der Waals surface area contributed by atoms with Crippen molar-refractivity contribution in [2.24, 2.45) is 10.9 Å². The van der Waals surface area contributed by atoms with Crippen molar-refractivity contribution in [2.75, 3.05) is 0 Å².